The standard InChI is InChI=1S/C31H49NO6S.C12H18O2.C9H15NO2S.C8H10O2/c1-14-16-7-19(13-32-39(6,36)37)21(8-16)26(14)27-18-10-22(23(11-18)29(33)34)28(27)25-15(2)20-9-17(25)12-24(20)30(35)38-31(3,4)5;1-12(2,3)14-11(13)10-7-8-4-5-9(10)6-8;1-13(11,12)10-6-9-5-7-2-3-8(9)4-7;9-8(10)7-4-5-1-2-6(7)3-5/h14-28,32H,7-13H2,1-6H3,(H,33,34);4-5,8-10H,6-7H2,1-3H3;2-3,7-10H,4-6H2,1H3;1-2,5-7H,3-4H2,(H,9,10)/p+1. The number of hydrogen-bond donors (Lipinski definition) is 4. The second-order valence-electron chi connectivity index (χ2n) is 28.5. The van der Waals surface area contributed by atoms with Crippen LogP contribution in [0.4, 0.5) is 0 Å². The van der Waals surface area contributed by atoms with Crippen LogP contribution in [0.15, 0.2) is 36.5 Å². The van der Waals surface area contributed by atoms with E-state index in [4.69, 9.17) is 14.6 Å². The maximum atomic E-state index is 13.1. The van der Waals surface area contributed by atoms with Gasteiger partial charge in [0.15, 0.2) is 5.60 Å². The first-order valence-electron chi connectivity index (χ1n) is 29.3. The molecule has 0 aromatic heterocycles. The van der Waals surface area contributed by atoms with Gasteiger partial charge in [-0.05, 0) is 216 Å². The third kappa shape index (κ3) is 12.6. The molecule has 9 fully saturated rings. The summed E-state index contributed by atoms with van der Waals surface area (Å²) in [7, 11) is -6.22. The van der Waals surface area contributed by atoms with Crippen LogP contribution in [0.25, 0.3) is 0 Å². The van der Waals surface area contributed by atoms with E-state index in [0.29, 0.717) is 120 Å². The van der Waals surface area contributed by atoms with Crippen molar-refractivity contribution >= 4 is 43.9 Å². The molecule has 0 aliphatic heterocycles. The van der Waals surface area contributed by atoms with Crippen LogP contribution in [0.5, 0.6) is 0 Å². The van der Waals surface area contributed by atoms with E-state index in [0.717, 1.165) is 63.7 Å². The van der Waals surface area contributed by atoms with Gasteiger partial charge in [0.05, 0.1) is 30.3 Å². The lowest BCUT2D eigenvalue weighted by molar-refractivity contribution is -0.163. The molecule has 0 aromatic carbocycles. The van der Waals surface area contributed by atoms with Gasteiger partial charge in [0, 0.05) is 33.9 Å². The van der Waals surface area contributed by atoms with Crippen molar-refractivity contribution in [2.24, 2.45) is 142 Å². The van der Waals surface area contributed by atoms with Gasteiger partial charge in [0.25, 0.3) is 0 Å². The quantitative estimate of drug-likeness (QED) is 0.0819. The number of ether oxygens (including phenoxy) is 2. The Hall–Kier alpha value is -3.08. The number of carbonyl (C=O) groups excluding carboxylic acids is 2. The van der Waals surface area contributed by atoms with Crippen LogP contribution >= 0.6 is 0 Å². The SMILES string of the molecule is CC(C)(C)OC(=[OH+])C1CC2C=CC1C2.CC1C2CC(CC2C(=O)OC(C)(C)C)C1C1C2CC(CC2C(=O)O)C1C1C(C)C2CC(CNS(C)(=O)=O)C1C2.CS(=O)(=O)NCC1CC2C=CC1C2.O=C(O)C1CC2C=CC1C2. The number of esters is 2. The Morgan fingerprint density at radius 3 is 1.43 bits per heavy atom. The van der Waals surface area contributed by atoms with Crippen LogP contribution < -0.4 is 9.44 Å². The highest BCUT2D eigenvalue weighted by Crippen LogP contribution is 2.71. The molecule has 0 radical (unpaired) electrons. The lowest BCUT2D eigenvalue weighted by atomic mass is 9.55. The molecule has 426 valence electrons. The maximum Gasteiger partial charge on any atom is 0.486 e. The van der Waals surface area contributed by atoms with Crippen LogP contribution in [0, 0.1) is 142 Å². The molecule has 12 rings (SSSR count). The number of carbonyl (C=O) groups is 3. The fourth-order valence-corrected chi connectivity index (χ4v) is 19.8. The molecule has 24 atom stereocenters. The predicted octanol–water partition coefficient (Wildman–Crippen LogP) is 9.21. The molecule has 0 aromatic rings. The Kier molecular flexibility index (Phi) is 16.5. The van der Waals surface area contributed by atoms with Gasteiger partial charge in [-0.3, -0.25) is 14.4 Å². The minimum atomic E-state index is -3.22. The lowest BCUT2D eigenvalue weighted by Crippen LogP contribution is -2.48. The maximum absolute atomic E-state index is 13.1. The van der Waals surface area contributed by atoms with Crippen LogP contribution in [-0.4, -0.2) is 92.5 Å². The highest BCUT2D eigenvalue weighted by molar-refractivity contribution is 7.89. The Balaban J connectivity index is 0.000000153. The van der Waals surface area contributed by atoms with Crippen molar-refractivity contribution in [2.45, 2.75) is 144 Å². The minimum absolute atomic E-state index is 0.0272. The van der Waals surface area contributed by atoms with E-state index in [9.17, 15) is 41.1 Å². The average Bonchev–Trinajstić information content (AvgIpc) is 4.16. The van der Waals surface area contributed by atoms with Gasteiger partial charge in [0.1, 0.15) is 11.5 Å². The number of fused-ring (bicyclic) bond motifs is 12. The van der Waals surface area contributed by atoms with E-state index in [1.54, 1.807) is 0 Å². The molecule has 0 amide bonds. The van der Waals surface area contributed by atoms with Crippen molar-refractivity contribution < 1.29 is 55.7 Å². The molecule has 0 saturated heterocycles. The van der Waals surface area contributed by atoms with Crippen molar-refractivity contribution in [1.82, 2.24) is 9.44 Å². The predicted molar refractivity (Wildman–Crippen MR) is 293 cm³/mol. The molecule has 0 spiro atoms. The summed E-state index contributed by atoms with van der Waals surface area (Å²) in [6.07, 6.45) is 28.4. The number of rotatable bonds is 12. The zero-order valence-electron chi connectivity index (χ0n) is 47.1. The molecule has 12 bridgehead atoms. The van der Waals surface area contributed by atoms with E-state index >= 15 is 0 Å². The van der Waals surface area contributed by atoms with Crippen molar-refractivity contribution in [2.75, 3.05) is 25.6 Å². The van der Waals surface area contributed by atoms with Crippen molar-refractivity contribution in [3.63, 3.8) is 0 Å². The number of sulfonamides is 2. The Morgan fingerprint density at radius 2 is 0.987 bits per heavy atom. The highest BCUT2D eigenvalue weighted by atomic mass is 32.2. The molecule has 16 heteroatoms. The fourth-order valence-electron chi connectivity index (χ4n) is 18.7. The van der Waals surface area contributed by atoms with Gasteiger partial charge in [-0.15, -0.1) is 0 Å². The molecule has 9 saturated carbocycles. The summed E-state index contributed by atoms with van der Waals surface area (Å²) in [5.41, 5.74) is -0.762. The summed E-state index contributed by atoms with van der Waals surface area (Å²) in [4.78, 5) is 45.9. The first-order valence-corrected chi connectivity index (χ1v) is 33.1. The van der Waals surface area contributed by atoms with Gasteiger partial charge in [0.2, 0.25) is 20.0 Å². The van der Waals surface area contributed by atoms with Crippen LogP contribution in [0.3, 0.4) is 0 Å². The minimum Gasteiger partial charge on any atom is -0.481 e. The number of nitrogens with one attached hydrogen (secondary N) is 2. The van der Waals surface area contributed by atoms with Crippen molar-refractivity contribution in [3.05, 3.63) is 36.5 Å². The van der Waals surface area contributed by atoms with Gasteiger partial charge in [-0.25, -0.2) is 26.3 Å². The Morgan fingerprint density at radius 1 is 0.500 bits per heavy atom. The zero-order valence-corrected chi connectivity index (χ0v) is 48.7. The summed E-state index contributed by atoms with van der Waals surface area (Å²) < 4.78 is 62.2. The lowest BCUT2D eigenvalue weighted by Gasteiger charge is -2.50. The molecule has 5 N–H and O–H groups in total. The number of aliphatic carboxylic acids is 2. The monoisotopic (exact) mass is 1100 g/mol. The van der Waals surface area contributed by atoms with Gasteiger partial charge in [-0.2, -0.15) is 0 Å². The smallest absolute Gasteiger partial charge is 0.481 e. The average molecular weight is 1100 g/mol. The summed E-state index contributed by atoms with van der Waals surface area (Å²) in [6.45, 7) is 17.6. The number of carboxylic acids is 2. The second-order valence-corrected chi connectivity index (χ2v) is 32.2. The van der Waals surface area contributed by atoms with E-state index < -0.39 is 37.6 Å². The van der Waals surface area contributed by atoms with Gasteiger partial charge >= 0.3 is 23.9 Å². The van der Waals surface area contributed by atoms with E-state index in [-0.39, 0.29) is 47.1 Å². The fraction of sp³-hybridized carbons (Fsp3) is 0.833. The van der Waals surface area contributed by atoms with Crippen LogP contribution in [-0.2, 0) is 43.9 Å². The normalized spacial score (nSPS) is 44.1. The van der Waals surface area contributed by atoms with Gasteiger partial charge in [-0.1, -0.05) is 50.3 Å². The zero-order chi connectivity index (χ0) is 55.1. The molecule has 0 heterocycles. The van der Waals surface area contributed by atoms with E-state index in [2.05, 4.69) is 59.7 Å². The Labute approximate surface area is 454 Å². The molecule has 14 nitrogen and oxygen atoms in total. The van der Waals surface area contributed by atoms with Crippen molar-refractivity contribution in [1.29, 1.82) is 0 Å². The molecular formula is C60H93N2O12S2+. The Bertz CT molecular complexity index is 2510. The number of carboxylic acid groups (broad SMARTS) is 2. The summed E-state index contributed by atoms with van der Waals surface area (Å²) in [5, 5.41) is 18.9. The largest absolute Gasteiger partial charge is 0.486 e. The topological polar surface area (TPSA) is 224 Å². The van der Waals surface area contributed by atoms with E-state index in [1.165, 1.54) is 31.8 Å². The van der Waals surface area contributed by atoms with Gasteiger partial charge < -0.3 is 24.5 Å². The third-order valence-corrected chi connectivity index (χ3v) is 22.8. The third-order valence-electron chi connectivity index (χ3n) is 21.4. The summed E-state index contributed by atoms with van der Waals surface area (Å²) in [6, 6.07) is 0. The number of hydrogen-bond acceptors (Lipinski definition) is 9. The molecule has 24 unspecified atom stereocenters. The summed E-state index contributed by atoms with van der Waals surface area (Å²) >= 11 is 0. The molecule has 12 aliphatic carbocycles. The molecular weight excluding hydrogens is 1000 g/mol. The van der Waals surface area contributed by atoms with E-state index in [1.807, 2.05) is 41.5 Å². The van der Waals surface area contributed by atoms with Crippen LogP contribution in [0.2, 0.25) is 0 Å². The molecule has 76 heavy (non-hydrogen) atoms. The first-order chi connectivity index (χ1) is 35.4. The second kappa shape index (κ2) is 21.8. The highest BCUT2D eigenvalue weighted by Gasteiger charge is 2.67. The molecule has 12 aliphatic rings. The number of allylic oxidation sites excluding steroid dienone is 6. The van der Waals surface area contributed by atoms with Crippen LogP contribution in [0.1, 0.15) is 132 Å². The summed E-state index contributed by atoms with van der Waals surface area (Å²) in [5.74, 6) is 8.92. The van der Waals surface area contributed by atoms with Crippen molar-refractivity contribution in [3.8, 4) is 0 Å². The first kappa shape index (κ1) is 57.6.